The van der Waals surface area contributed by atoms with Gasteiger partial charge in [0, 0.05) is 50.4 Å². The average molecular weight is 432 g/mol. The summed E-state index contributed by atoms with van der Waals surface area (Å²) in [4.78, 5) is 18.8. The van der Waals surface area contributed by atoms with Gasteiger partial charge in [0.15, 0.2) is 17.4 Å². The van der Waals surface area contributed by atoms with E-state index in [0.29, 0.717) is 36.5 Å². The molecule has 31 heavy (non-hydrogen) atoms. The van der Waals surface area contributed by atoms with Crippen molar-refractivity contribution in [2.24, 2.45) is 5.92 Å². The summed E-state index contributed by atoms with van der Waals surface area (Å²) in [6, 6.07) is 4.19. The number of aromatic nitrogens is 2. The number of carbonyl (C=O) groups is 1. The van der Waals surface area contributed by atoms with Gasteiger partial charge in [-0.1, -0.05) is 5.16 Å². The molecule has 1 aromatic heterocycles. The number of rotatable bonds is 6. The van der Waals surface area contributed by atoms with Crippen LogP contribution in [-0.4, -0.2) is 54.5 Å². The maximum atomic E-state index is 13.8. The van der Waals surface area contributed by atoms with E-state index in [1.807, 2.05) is 0 Å². The van der Waals surface area contributed by atoms with Gasteiger partial charge in [0.25, 0.3) is 0 Å². The Hall–Kier alpha value is -2.68. The standard InChI is InChI=1S/C22H29FN4O4/c1-29-19-4-3-17(14-18(19)23)24-22(28)27-10-6-15(7-11-27)2-5-20-25-21(26-31-20)16-8-12-30-13-9-16/h3-4,14-16H,2,5-13H2,1H3,(H,24,28). The highest BCUT2D eigenvalue weighted by atomic mass is 19.1. The molecule has 2 fully saturated rings. The molecule has 8 nitrogen and oxygen atoms in total. The molecule has 168 valence electrons. The number of hydrogen-bond acceptors (Lipinski definition) is 6. The van der Waals surface area contributed by atoms with E-state index in [9.17, 15) is 9.18 Å². The van der Waals surface area contributed by atoms with E-state index in [4.69, 9.17) is 14.0 Å². The van der Waals surface area contributed by atoms with Crippen molar-refractivity contribution in [2.45, 2.75) is 44.4 Å². The van der Waals surface area contributed by atoms with Crippen LogP contribution in [0.15, 0.2) is 22.7 Å². The number of halogens is 1. The summed E-state index contributed by atoms with van der Waals surface area (Å²) in [6.07, 6.45) is 5.47. The molecule has 2 saturated heterocycles. The van der Waals surface area contributed by atoms with E-state index >= 15 is 0 Å². The number of anilines is 1. The van der Waals surface area contributed by atoms with Gasteiger partial charge in [0.1, 0.15) is 0 Å². The fourth-order valence-electron chi connectivity index (χ4n) is 4.19. The van der Waals surface area contributed by atoms with Crippen LogP contribution in [0.1, 0.15) is 49.7 Å². The number of ether oxygens (including phenoxy) is 2. The smallest absolute Gasteiger partial charge is 0.321 e. The van der Waals surface area contributed by atoms with Crippen LogP contribution in [0.4, 0.5) is 14.9 Å². The molecule has 0 atom stereocenters. The fourth-order valence-corrected chi connectivity index (χ4v) is 4.19. The van der Waals surface area contributed by atoms with Crippen LogP contribution in [0.3, 0.4) is 0 Å². The van der Waals surface area contributed by atoms with Crippen molar-refractivity contribution in [1.29, 1.82) is 0 Å². The van der Waals surface area contributed by atoms with Crippen molar-refractivity contribution in [3.8, 4) is 5.75 Å². The molecule has 0 spiro atoms. The average Bonchev–Trinajstić information content (AvgIpc) is 3.28. The summed E-state index contributed by atoms with van der Waals surface area (Å²) < 4.78 is 29.5. The Labute approximate surface area is 181 Å². The molecule has 0 saturated carbocycles. The summed E-state index contributed by atoms with van der Waals surface area (Å²) in [7, 11) is 1.41. The normalized spacial score (nSPS) is 18.2. The summed E-state index contributed by atoms with van der Waals surface area (Å²) in [5.41, 5.74) is 0.419. The lowest BCUT2D eigenvalue weighted by molar-refractivity contribution is 0.0830. The van der Waals surface area contributed by atoms with Gasteiger partial charge in [0.05, 0.1) is 7.11 Å². The lowest BCUT2D eigenvalue weighted by Crippen LogP contribution is -2.41. The molecule has 9 heteroatoms. The minimum atomic E-state index is -0.500. The van der Waals surface area contributed by atoms with Crippen molar-refractivity contribution in [2.75, 3.05) is 38.7 Å². The molecular formula is C22H29FN4O4. The number of amides is 2. The molecule has 0 aliphatic carbocycles. The number of methoxy groups -OCH3 is 1. The molecule has 2 aromatic rings. The molecule has 4 rings (SSSR count). The number of benzene rings is 1. The first-order valence-corrected chi connectivity index (χ1v) is 10.9. The zero-order valence-electron chi connectivity index (χ0n) is 17.8. The Kier molecular flexibility index (Phi) is 7.01. The Balaban J connectivity index is 1.20. The Morgan fingerprint density at radius 2 is 2.03 bits per heavy atom. The third-order valence-corrected chi connectivity index (χ3v) is 6.14. The van der Waals surface area contributed by atoms with E-state index < -0.39 is 5.82 Å². The first-order chi connectivity index (χ1) is 15.1. The highest BCUT2D eigenvalue weighted by Gasteiger charge is 2.25. The van der Waals surface area contributed by atoms with Gasteiger partial charge < -0.3 is 24.2 Å². The number of nitrogens with one attached hydrogen (secondary N) is 1. The van der Waals surface area contributed by atoms with Gasteiger partial charge in [-0.3, -0.25) is 0 Å². The largest absolute Gasteiger partial charge is 0.494 e. The van der Waals surface area contributed by atoms with Crippen molar-refractivity contribution in [3.05, 3.63) is 35.7 Å². The van der Waals surface area contributed by atoms with Crippen LogP contribution in [0.5, 0.6) is 5.75 Å². The molecule has 1 aromatic carbocycles. The lowest BCUT2D eigenvalue weighted by Gasteiger charge is -2.31. The fraction of sp³-hybridized carbons (Fsp3) is 0.591. The van der Waals surface area contributed by atoms with Gasteiger partial charge in [-0.2, -0.15) is 4.98 Å². The Bertz CT molecular complexity index is 876. The zero-order valence-corrected chi connectivity index (χ0v) is 17.8. The second-order valence-corrected chi connectivity index (χ2v) is 8.18. The van der Waals surface area contributed by atoms with Crippen molar-refractivity contribution in [1.82, 2.24) is 15.0 Å². The van der Waals surface area contributed by atoms with Crippen molar-refractivity contribution in [3.63, 3.8) is 0 Å². The number of carbonyl (C=O) groups excluding carboxylic acids is 1. The summed E-state index contributed by atoms with van der Waals surface area (Å²) in [6.45, 7) is 2.86. The van der Waals surface area contributed by atoms with E-state index in [1.165, 1.54) is 19.2 Å². The van der Waals surface area contributed by atoms with Gasteiger partial charge in [0.2, 0.25) is 5.89 Å². The molecule has 3 heterocycles. The summed E-state index contributed by atoms with van der Waals surface area (Å²) in [5.74, 6) is 2.01. The predicted octanol–water partition coefficient (Wildman–Crippen LogP) is 3.99. The van der Waals surface area contributed by atoms with E-state index in [1.54, 1.807) is 11.0 Å². The summed E-state index contributed by atoms with van der Waals surface area (Å²) >= 11 is 0. The Morgan fingerprint density at radius 1 is 1.26 bits per heavy atom. The molecule has 0 radical (unpaired) electrons. The van der Waals surface area contributed by atoms with Gasteiger partial charge in [-0.05, 0) is 50.2 Å². The third kappa shape index (κ3) is 5.52. The second kappa shape index (κ2) is 10.1. The monoisotopic (exact) mass is 432 g/mol. The molecule has 2 aliphatic rings. The zero-order chi connectivity index (χ0) is 21.6. The molecule has 2 aliphatic heterocycles. The van der Waals surface area contributed by atoms with Crippen molar-refractivity contribution >= 4 is 11.7 Å². The molecule has 0 unspecified atom stereocenters. The number of piperidine rings is 1. The topological polar surface area (TPSA) is 89.7 Å². The van der Waals surface area contributed by atoms with Crippen LogP contribution < -0.4 is 10.1 Å². The van der Waals surface area contributed by atoms with Gasteiger partial charge >= 0.3 is 6.03 Å². The predicted molar refractivity (Wildman–Crippen MR) is 112 cm³/mol. The minimum absolute atomic E-state index is 0.153. The SMILES string of the molecule is COc1ccc(NC(=O)N2CCC(CCc3nc(C4CCOCC4)no3)CC2)cc1F. The third-order valence-electron chi connectivity index (χ3n) is 6.14. The minimum Gasteiger partial charge on any atom is -0.494 e. The highest BCUT2D eigenvalue weighted by Crippen LogP contribution is 2.27. The number of hydrogen-bond donors (Lipinski definition) is 1. The van der Waals surface area contributed by atoms with Crippen LogP contribution in [-0.2, 0) is 11.2 Å². The van der Waals surface area contributed by atoms with E-state index in [0.717, 1.165) is 57.6 Å². The van der Waals surface area contributed by atoms with Crippen molar-refractivity contribution < 1.29 is 23.2 Å². The first-order valence-electron chi connectivity index (χ1n) is 10.9. The van der Waals surface area contributed by atoms with E-state index in [2.05, 4.69) is 15.5 Å². The Morgan fingerprint density at radius 3 is 2.74 bits per heavy atom. The highest BCUT2D eigenvalue weighted by molar-refractivity contribution is 5.89. The maximum absolute atomic E-state index is 13.8. The second-order valence-electron chi connectivity index (χ2n) is 8.18. The van der Waals surface area contributed by atoms with Gasteiger partial charge in [-0.15, -0.1) is 0 Å². The van der Waals surface area contributed by atoms with Crippen LogP contribution >= 0.6 is 0 Å². The van der Waals surface area contributed by atoms with Gasteiger partial charge in [-0.25, -0.2) is 9.18 Å². The number of nitrogens with zero attached hydrogens (tertiary/aromatic N) is 3. The number of aryl methyl sites for hydroxylation is 1. The van der Waals surface area contributed by atoms with Crippen LogP contribution in [0.2, 0.25) is 0 Å². The first kappa shape index (κ1) is 21.5. The van der Waals surface area contributed by atoms with E-state index in [-0.39, 0.29) is 11.8 Å². The molecule has 1 N–H and O–H groups in total. The quantitative estimate of drug-likeness (QED) is 0.742. The van der Waals surface area contributed by atoms with Crippen LogP contribution in [0.25, 0.3) is 0 Å². The lowest BCUT2D eigenvalue weighted by atomic mass is 9.92. The maximum Gasteiger partial charge on any atom is 0.321 e. The number of likely N-dealkylation sites (tertiary alicyclic amines) is 1. The molecular weight excluding hydrogens is 403 g/mol. The number of urea groups is 1. The van der Waals surface area contributed by atoms with Crippen LogP contribution in [0, 0.1) is 11.7 Å². The summed E-state index contributed by atoms with van der Waals surface area (Å²) in [5, 5.41) is 6.92. The molecule has 2 amide bonds. The molecule has 0 bridgehead atoms.